The van der Waals surface area contributed by atoms with Crippen LogP contribution in [0.25, 0.3) is 0 Å². The Kier molecular flexibility index (Phi) is 6.64. The monoisotopic (exact) mass is 263 g/mol. The molecule has 0 aromatic heterocycles. The molecule has 1 amide bonds. The number of hydrogen-bond acceptors (Lipinski definition) is 3. The number of carbonyl (C=O) groups is 2. The van der Waals surface area contributed by atoms with Crippen molar-refractivity contribution < 1.29 is 14.3 Å². The highest BCUT2D eigenvalue weighted by Crippen LogP contribution is 1.99. The number of benzene rings is 1. The van der Waals surface area contributed by atoms with Crippen LogP contribution in [0.2, 0.25) is 0 Å². The predicted molar refractivity (Wildman–Crippen MR) is 73.6 cm³/mol. The zero-order valence-electron chi connectivity index (χ0n) is 11.5. The molecular weight excluding hydrogens is 242 g/mol. The van der Waals surface area contributed by atoms with E-state index in [4.69, 9.17) is 4.74 Å². The number of esters is 1. The third kappa shape index (κ3) is 7.24. The molecule has 1 N–H and O–H groups in total. The lowest BCUT2D eigenvalue weighted by molar-refractivity contribution is -0.148. The molecule has 0 aliphatic rings. The molecule has 1 aromatic carbocycles. The molecule has 0 atom stereocenters. The van der Waals surface area contributed by atoms with Crippen molar-refractivity contribution in [3.8, 4) is 0 Å². The average molecular weight is 263 g/mol. The van der Waals surface area contributed by atoms with E-state index in [0.29, 0.717) is 6.54 Å². The van der Waals surface area contributed by atoms with Crippen molar-refractivity contribution in [1.82, 2.24) is 5.32 Å². The van der Waals surface area contributed by atoms with E-state index in [9.17, 15) is 9.59 Å². The van der Waals surface area contributed by atoms with Crippen LogP contribution < -0.4 is 5.32 Å². The summed E-state index contributed by atoms with van der Waals surface area (Å²) >= 11 is 0. The molecule has 1 aromatic rings. The molecule has 0 aliphatic heterocycles. The fourth-order valence-electron chi connectivity index (χ4n) is 1.62. The largest absolute Gasteiger partial charge is 0.463 e. The molecule has 0 heterocycles. The molecule has 1 rings (SSSR count). The molecule has 0 spiro atoms. The first-order valence-electron chi connectivity index (χ1n) is 6.58. The van der Waals surface area contributed by atoms with Crippen LogP contribution in [0.15, 0.2) is 30.3 Å². The first-order chi connectivity index (χ1) is 9.08. The summed E-state index contributed by atoms with van der Waals surface area (Å²) in [5.74, 6) is -0.440. The van der Waals surface area contributed by atoms with Gasteiger partial charge in [0.05, 0.1) is 12.5 Å². The fourth-order valence-corrected chi connectivity index (χ4v) is 1.62. The SMILES string of the molecule is CC(C)OC(=O)CCC(=O)NCCc1ccccc1. The highest BCUT2D eigenvalue weighted by atomic mass is 16.5. The molecular formula is C15H21NO3. The molecule has 0 fully saturated rings. The summed E-state index contributed by atoms with van der Waals surface area (Å²) in [6.45, 7) is 4.16. The average Bonchev–Trinajstić information content (AvgIpc) is 2.37. The van der Waals surface area contributed by atoms with Gasteiger partial charge < -0.3 is 10.1 Å². The van der Waals surface area contributed by atoms with Gasteiger partial charge in [-0.1, -0.05) is 30.3 Å². The smallest absolute Gasteiger partial charge is 0.306 e. The van der Waals surface area contributed by atoms with Crippen LogP contribution in [0, 0.1) is 0 Å². The zero-order valence-corrected chi connectivity index (χ0v) is 11.5. The Balaban J connectivity index is 2.13. The van der Waals surface area contributed by atoms with E-state index in [2.05, 4.69) is 5.32 Å². The molecule has 4 nitrogen and oxygen atoms in total. The first-order valence-corrected chi connectivity index (χ1v) is 6.58. The van der Waals surface area contributed by atoms with Gasteiger partial charge in [0.1, 0.15) is 0 Å². The number of nitrogens with one attached hydrogen (secondary N) is 1. The molecule has 104 valence electrons. The zero-order chi connectivity index (χ0) is 14.1. The van der Waals surface area contributed by atoms with Crippen LogP contribution in [-0.4, -0.2) is 24.5 Å². The van der Waals surface area contributed by atoms with E-state index in [1.807, 2.05) is 30.3 Å². The van der Waals surface area contributed by atoms with E-state index >= 15 is 0 Å². The molecule has 19 heavy (non-hydrogen) atoms. The van der Waals surface area contributed by atoms with Gasteiger partial charge in [-0.15, -0.1) is 0 Å². The first kappa shape index (κ1) is 15.2. The number of hydrogen-bond donors (Lipinski definition) is 1. The summed E-state index contributed by atoms with van der Waals surface area (Å²) in [5.41, 5.74) is 1.18. The molecule has 4 heteroatoms. The fraction of sp³-hybridized carbons (Fsp3) is 0.467. The number of carbonyl (C=O) groups excluding carboxylic acids is 2. The van der Waals surface area contributed by atoms with Gasteiger partial charge in [-0.3, -0.25) is 9.59 Å². The second-order valence-corrected chi connectivity index (χ2v) is 4.62. The lowest BCUT2D eigenvalue weighted by Gasteiger charge is -2.08. The van der Waals surface area contributed by atoms with Crippen LogP contribution in [0.3, 0.4) is 0 Å². The van der Waals surface area contributed by atoms with Crippen LogP contribution in [0.1, 0.15) is 32.3 Å². The van der Waals surface area contributed by atoms with Crippen LogP contribution in [-0.2, 0) is 20.7 Å². The van der Waals surface area contributed by atoms with Crippen LogP contribution in [0.4, 0.5) is 0 Å². The van der Waals surface area contributed by atoms with Crippen molar-refractivity contribution in [1.29, 1.82) is 0 Å². The van der Waals surface area contributed by atoms with Crippen molar-refractivity contribution in [3.63, 3.8) is 0 Å². The molecule has 0 bridgehead atoms. The molecule has 0 unspecified atom stereocenters. The van der Waals surface area contributed by atoms with Crippen LogP contribution >= 0.6 is 0 Å². The normalized spacial score (nSPS) is 10.3. The van der Waals surface area contributed by atoms with E-state index in [0.717, 1.165) is 6.42 Å². The van der Waals surface area contributed by atoms with Gasteiger partial charge in [0.2, 0.25) is 5.91 Å². The van der Waals surface area contributed by atoms with E-state index in [1.165, 1.54) is 5.56 Å². The molecule has 0 saturated heterocycles. The second kappa shape index (κ2) is 8.29. The number of ether oxygens (including phenoxy) is 1. The van der Waals surface area contributed by atoms with Crippen molar-refractivity contribution in [2.45, 2.75) is 39.2 Å². The third-order valence-corrected chi connectivity index (χ3v) is 2.50. The summed E-state index contributed by atoms with van der Waals surface area (Å²) in [7, 11) is 0. The van der Waals surface area contributed by atoms with Gasteiger partial charge in [-0.2, -0.15) is 0 Å². The van der Waals surface area contributed by atoms with Gasteiger partial charge in [0, 0.05) is 13.0 Å². The summed E-state index contributed by atoms with van der Waals surface area (Å²) in [4.78, 5) is 22.8. The maximum atomic E-state index is 11.5. The topological polar surface area (TPSA) is 55.4 Å². The Hall–Kier alpha value is -1.84. The highest BCUT2D eigenvalue weighted by Gasteiger charge is 2.08. The second-order valence-electron chi connectivity index (χ2n) is 4.62. The maximum Gasteiger partial charge on any atom is 0.306 e. The van der Waals surface area contributed by atoms with Crippen molar-refractivity contribution >= 4 is 11.9 Å². The van der Waals surface area contributed by atoms with E-state index < -0.39 is 0 Å². The minimum Gasteiger partial charge on any atom is -0.463 e. The van der Waals surface area contributed by atoms with E-state index in [-0.39, 0.29) is 30.8 Å². The summed E-state index contributed by atoms with van der Waals surface area (Å²) in [5, 5.41) is 2.79. The lowest BCUT2D eigenvalue weighted by atomic mass is 10.1. The van der Waals surface area contributed by atoms with Gasteiger partial charge >= 0.3 is 5.97 Å². The van der Waals surface area contributed by atoms with Crippen molar-refractivity contribution in [3.05, 3.63) is 35.9 Å². The van der Waals surface area contributed by atoms with Gasteiger partial charge in [0.15, 0.2) is 0 Å². The predicted octanol–water partition coefficient (Wildman–Crippen LogP) is 2.08. The third-order valence-electron chi connectivity index (χ3n) is 2.50. The minimum absolute atomic E-state index is 0.114. The highest BCUT2D eigenvalue weighted by molar-refractivity contribution is 5.81. The summed E-state index contributed by atoms with van der Waals surface area (Å²) < 4.78 is 4.96. The Labute approximate surface area is 114 Å². The lowest BCUT2D eigenvalue weighted by Crippen LogP contribution is -2.26. The Morgan fingerprint density at radius 1 is 1.16 bits per heavy atom. The van der Waals surface area contributed by atoms with E-state index in [1.54, 1.807) is 13.8 Å². The Bertz CT molecular complexity index is 401. The van der Waals surface area contributed by atoms with Crippen LogP contribution in [0.5, 0.6) is 0 Å². The van der Waals surface area contributed by atoms with Gasteiger partial charge in [-0.25, -0.2) is 0 Å². The summed E-state index contributed by atoms with van der Waals surface area (Å²) in [6, 6.07) is 9.94. The maximum absolute atomic E-state index is 11.5. The van der Waals surface area contributed by atoms with Gasteiger partial charge in [-0.05, 0) is 25.8 Å². The number of amides is 1. The quantitative estimate of drug-likeness (QED) is 0.766. The summed E-state index contributed by atoms with van der Waals surface area (Å²) in [6.07, 6.45) is 0.979. The Morgan fingerprint density at radius 2 is 1.84 bits per heavy atom. The molecule has 0 saturated carbocycles. The molecule has 0 radical (unpaired) electrons. The Morgan fingerprint density at radius 3 is 2.47 bits per heavy atom. The van der Waals surface area contributed by atoms with Crippen molar-refractivity contribution in [2.24, 2.45) is 0 Å². The standard InChI is InChI=1S/C15H21NO3/c1-12(2)19-15(18)9-8-14(17)16-11-10-13-6-4-3-5-7-13/h3-7,12H,8-11H2,1-2H3,(H,16,17). The minimum atomic E-state index is -0.326. The van der Waals surface area contributed by atoms with Gasteiger partial charge in [0.25, 0.3) is 0 Å². The molecule has 0 aliphatic carbocycles. The van der Waals surface area contributed by atoms with Crippen molar-refractivity contribution in [2.75, 3.05) is 6.54 Å². The number of rotatable bonds is 7.